The summed E-state index contributed by atoms with van der Waals surface area (Å²) in [4.78, 5) is 15.1. The number of carbonyl (C=O) groups is 1. The minimum atomic E-state index is -0.723. The molecule has 0 radical (unpaired) electrons. The molecule has 0 saturated carbocycles. The lowest BCUT2D eigenvalue weighted by Crippen LogP contribution is -1.83. The van der Waals surface area contributed by atoms with Gasteiger partial charge in [0, 0.05) is 30.5 Å². The maximum Gasteiger partial charge on any atom is 0.173 e. The zero-order valence-corrected chi connectivity index (χ0v) is 9.74. The van der Waals surface area contributed by atoms with Crippen molar-refractivity contribution in [2.75, 3.05) is 0 Å². The van der Waals surface area contributed by atoms with E-state index in [1.165, 1.54) is 0 Å². The van der Waals surface area contributed by atoms with E-state index in [2.05, 4.69) is 16.8 Å². The van der Waals surface area contributed by atoms with Crippen LogP contribution >= 0.6 is 10.9 Å². The third-order valence-corrected chi connectivity index (χ3v) is 3.82. The third kappa shape index (κ3) is 2.62. The van der Waals surface area contributed by atoms with E-state index in [9.17, 15) is 4.79 Å². The number of rotatable bonds is 0. The van der Waals surface area contributed by atoms with Crippen molar-refractivity contribution in [3.05, 3.63) is 52.6 Å². The Hall–Kier alpha value is -1.79. The molecule has 1 aliphatic rings. The Morgan fingerprint density at radius 2 is 2.31 bits per heavy atom. The first kappa shape index (κ1) is 10.7. The van der Waals surface area contributed by atoms with E-state index in [-0.39, 0.29) is 5.12 Å². The van der Waals surface area contributed by atoms with Gasteiger partial charge in [-0.15, -0.1) is 0 Å². The highest BCUT2D eigenvalue weighted by molar-refractivity contribution is 8.34. The molecule has 3 heteroatoms. The Balaban J connectivity index is 2.14. The van der Waals surface area contributed by atoms with Crippen molar-refractivity contribution in [2.24, 2.45) is 0 Å². The quantitative estimate of drug-likeness (QED) is 0.547. The van der Waals surface area contributed by atoms with Crippen molar-refractivity contribution in [1.82, 2.24) is 4.98 Å². The molecule has 0 N–H and O–H groups in total. The van der Waals surface area contributed by atoms with Gasteiger partial charge in [0.05, 0.1) is 0 Å². The van der Waals surface area contributed by atoms with Gasteiger partial charge in [-0.05, 0) is 29.0 Å². The standard InChI is InChI=1S/C13H11NOS/c1-11(15)16-8-6-13(10-16)5-4-12-3-2-7-14-9-12/h2-3,6-10,16H,1H3. The maximum atomic E-state index is 11.1. The first-order valence-electron chi connectivity index (χ1n) is 4.87. The van der Waals surface area contributed by atoms with Crippen molar-refractivity contribution in [3.8, 4) is 11.8 Å². The van der Waals surface area contributed by atoms with Gasteiger partial charge in [0.25, 0.3) is 0 Å². The Bertz CT molecular complexity index is 520. The van der Waals surface area contributed by atoms with E-state index in [0.717, 1.165) is 11.1 Å². The van der Waals surface area contributed by atoms with Crippen LogP contribution in [0.4, 0.5) is 0 Å². The highest BCUT2D eigenvalue weighted by atomic mass is 32.2. The van der Waals surface area contributed by atoms with Crippen LogP contribution in [0, 0.1) is 11.8 Å². The second kappa shape index (κ2) is 4.82. The topological polar surface area (TPSA) is 30.0 Å². The van der Waals surface area contributed by atoms with Gasteiger partial charge < -0.3 is 0 Å². The van der Waals surface area contributed by atoms with Crippen LogP contribution in [0.15, 0.2) is 47.0 Å². The lowest BCUT2D eigenvalue weighted by atomic mass is 10.2. The van der Waals surface area contributed by atoms with Gasteiger partial charge in [-0.25, -0.2) is 0 Å². The highest BCUT2D eigenvalue weighted by Crippen LogP contribution is 2.36. The molecule has 0 aliphatic carbocycles. The molecule has 1 atom stereocenters. The minimum absolute atomic E-state index is 0.212. The van der Waals surface area contributed by atoms with Gasteiger partial charge >= 0.3 is 0 Å². The monoisotopic (exact) mass is 229 g/mol. The molecule has 1 aromatic heterocycles. The zero-order chi connectivity index (χ0) is 11.4. The fourth-order valence-corrected chi connectivity index (χ4v) is 2.50. The average Bonchev–Trinajstić information content (AvgIpc) is 2.76. The smallest absolute Gasteiger partial charge is 0.173 e. The van der Waals surface area contributed by atoms with Crippen molar-refractivity contribution in [3.63, 3.8) is 0 Å². The molecule has 1 aliphatic heterocycles. The molecule has 2 heterocycles. The molecule has 0 fully saturated rings. The summed E-state index contributed by atoms with van der Waals surface area (Å²) in [6.07, 6.45) is 5.35. The minimum Gasteiger partial charge on any atom is -0.289 e. The predicted octanol–water partition coefficient (Wildman–Crippen LogP) is 2.39. The van der Waals surface area contributed by atoms with Crippen LogP contribution in [0.3, 0.4) is 0 Å². The molecule has 1 aromatic rings. The van der Waals surface area contributed by atoms with Crippen LogP contribution in [0.1, 0.15) is 12.5 Å². The summed E-state index contributed by atoms with van der Waals surface area (Å²) in [5, 5.41) is 4.09. The molecule has 0 saturated heterocycles. The van der Waals surface area contributed by atoms with E-state index >= 15 is 0 Å². The maximum absolute atomic E-state index is 11.1. The van der Waals surface area contributed by atoms with Crippen molar-refractivity contribution in [1.29, 1.82) is 0 Å². The van der Waals surface area contributed by atoms with Gasteiger partial charge in [0.1, 0.15) is 0 Å². The molecule has 80 valence electrons. The molecule has 16 heavy (non-hydrogen) atoms. The zero-order valence-electron chi connectivity index (χ0n) is 8.84. The number of aromatic nitrogens is 1. The first-order valence-corrected chi connectivity index (χ1v) is 6.35. The number of hydrogen-bond donors (Lipinski definition) is 1. The van der Waals surface area contributed by atoms with E-state index in [1.807, 2.05) is 29.0 Å². The number of carbonyl (C=O) groups excluding carboxylic acids is 1. The fourth-order valence-electron chi connectivity index (χ4n) is 1.25. The normalized spacial score (nSPS) is 19.8. The Labute approximate surface area is 97.4 Å². The largest absolute Gasteiger partial charge is 0.289 e. The van der Waals surface area contributed by atoms with Gasteiger partial charge in [-0.1, -0.05) is 11.8 Å². The summed E-state index contributed by atoms with van der Waals surface area (Å²) in [6.45, 7) is 1.62. The Kier molecular flexibility index (Phi) is 3.23. The van der Waals surface area contributed by atoms with Crippen LogP contribution in [-0.2, 0) is 4.79 Å². The lowest BCUT2D eigenvalue weighted by Gasteiger charge is -2.00. The van der Waals surface area contributed by atoms with Crippen molar-refractivity contribution < 1.29 is 4.79 Å². The van der Waals surface area contributed by atoms with Crippen LogP contribution in [0.5, 0.6) is 0 Å². The third-order valence-electron chi connectivity index (χ3n) is 2.07. The molecule has 0 aromatic carbocycles. The number of allylic oxidation sites excluding steroid dienone is 2. The second-order valence-corrected chi connectivity index (χ2v) is 5.32. The molecule has 0 bridgehead atoms. The second-order valence-electron chi connectivity index (χ2n) is 3.32. The van der Waals surface area contributed by atoms with E-state index in [0.29, 0.717) is 0 Å². The fraction of sp³-hybridized carbons (Fsp3) is 0.0769. The molecular formula is C13H11NOS. The number of pyridine rings is 1. The SMILES string of the molecule is CC(=O)[SH]1C=CC(C#Cc2cccnc2)=C1. The molecular weight excluding hydrogens is 218 g/mol. The van der Waals surface area contributed by atoms with Gasteiger partial charge in [-0.2, -0.15) is 10.9 Å². The van der Waals surface area contributed by atoms with Crippen LogP contribution in [0.25, 0.3) is 0 Å². The number of hydrogen-bond acceptors (Lipinski definition) is 2. The number of nitrogens with zero attached hydrogens (tertiary/aromatic N) is 1. The Morgan fingerprint density at radius 3 is 2.94 bits per heavy atom. The summed E-state index contributed by atoms with van der Waals surface area (Å²) in [6, 6.07) is 3.76. The van der Waals surface area contributed by atoms with E-state index in [4.69, 9.17) is 0 Å². The number of thiol groups is 1. The van der Waals surface area contributed by atoms with Gasteiger partial charge in [-0.3, -0.25) is 9.78 Å². The summed E-state index contributed by atoms with van der Waals surface area (Å²) < 4.78 is 0. The molecule has 2 rings (SSSR count). The highest BCUT2D eigenvalue weighted by Gasteiger charge is 2.07. The van der Waals surface area contributed by atoms with Crippen molar-refractivity contribution >= 4 is 16.0 Å². The van der Waals surface area contributed by atoms with E-state index < -0.39 is 10.9 Å². The lowest BCUT2D eigenvalue weighted by molar-refractivity contribution is -0.109. The summed E-state index contributed by atoms with van der Waals surface area (Å²) in [5.74, 6) is 6.04. The first-order chi connectivity index (χ1) is 7.75. The molecule has 1 unspecified atom stereocenters. The molecule has 0 spiro atoms. The summed E-state index contributed by atoms with van der Waals surface area (Å²) in [7, 11) is -0.723. The molecule has 0 amide bonds. The average molecular weight is 229 g/mol. The van der Waals surface area contributed by atoms with Crippen LogP contribution < -0.4 is 0 Å². The summed E-state index contributed by atoms with van der Waals surface area (Å²) >= 11 is 0. The van der Waals surface area contributed by atoms with Gasteiger partial charge in [0.2, 0.25) is 0 Å². The van der Waals surface area contributed by atoms with Crippen LogP contribution in [0.2, 0.25) is 0 Å². The van der Waals surface area contributed by atoms with E-state index in [1.54, 1.807) is 19.3 Å². The summed E-state index contributed by atoms with van der Waals surface area (Å²) in [5.41, 5.74) is 1.81. The Morgan fingerprint density at radius 1 is 1.44 bits per heavy atom. The molecule has 2 nitrogen and oxygen atoms in total. The van der Waals surface area contributed by atoms with Gasteiger partial charge in [0.15, 0.2) is 5.12 Å². The predicted molar refractivity (Wildman–Crippen MR) is 68.0 cm³/mol. The van der Waals surface area contributed by atoms with Crippen LogP contribution in [-0.4, -0.2) is 10.1 Å². The van der Waals surface area contributed by atoms with Crippen molar-refractivity contribution in [2.45, 2.75) is 6.92 Å².